The van der Waals surface area contributed by atoms with E-state index < -0.39 is 30.1 Å². The first-order valence-corrected chi connectivity index (χ1v) is 11.3. The molecule has 0 aliphatic heterocycles. The molecule has 0 bridgehead atoms. The van der Waals surface area contributed by atoms with Gasteiger partial charge in [0, 0.05) is 59.3 Å². The number of amides is 2. The van der Waals surface area contributed by atoms with Crippen LogP contribution in [0.25, 0.3) is 22.2 Å². The second kappa shape index (κ2) is 9.29. The molecule has 1 aliphatic rings. The molecule has 3 heterocycles. The molecule has 0 unspecified atom stereocenters. The molecule has 186 valence electrons. The largest absolute Gasteiger partial charge is 0.405 e. The number of nitrogens with zero attached hydrogens (tertiary/aromatic N) is 2. The molecule has 5 N–H and O–H groups in total. The average molecular weight is 489 g/mol. The van der Waals surface area contributed by atoms with Gasteiger partial charge in [-0.1, -0.05) is 13.8 Å². The van der Waals surface area contributed by atoms with Gasteiger partial charge in [0.15, 0.2) is 0 Å². The molecule has 0 aromatic carbocycles. The third kappa shape index (κ3) is 5.29. The smallest absolute Gasteiger partial charge is 0.352 e. The van der Waals surface area contributed by atoms with Crippen LogP contribution in [0, 0.1) is 11.8 Å². The van der Waals surface area contributed by atoms with Gasteiger partial charge < -0.3 is 21.4 Å². The lowest BCUT2D eigenvalue weighted by Gasteiger charge is -2.32. The molecular weight excluding hydrogens is 461 g/mol. The predicted octanol–water partition coefficient (Wildman–Crippen LogP) is 3.14. The van der Waals surface area contributed by atoms with Gasteiger partial charge in [0.2, 0.25) is 11.8 Å². The summed E-state index contributed by atoms with van der Waals surface area (Å²) in [5.41, 5.74) is 7.77. The summed E-state index contributed by atoms with van der Waals surface area (Å²) in [6.45, 7) is 2.20. The van der Waals surface area contributed by atoms with Crippen molar-refractivity contribution >= 4 is 22.8 Å². The summed E-state index contributed by atoms with van der Waals surface area (Å²) >= 11 is 0. The molecule has 4 rings (SSSR count). The molecule has 8 nitrogen and oxygen atoms in total. The number of carbonyl (C=O) groups is 2. The Morgan fingerprint density at radius 3 is 2.57 bits per heavy atom. The molecule has 1 fully saturated rings. The number of hydrogen-bond acceptors (Lipinski definition) is 5. The van der Waals surface area contributed by atoms with Crippen molar-refractivity contribution in [1.82, 2.24) is 25.6 Å². The van der Waals surface area contributed by atoms with E-state index in [1.165, 1.54) is 6.20 Å². The van der Waals surface area contributed by atoms with E-state index in [-0.39, 0.29) is 11.8 Å². The van der Waals surface area contributed by atoms with Gasteiger partial charge in [-0.15, -0.1) is 0 Å². The zero-order valence-corrected chi connectivity index (χ0v) is 19.4. The lowest BCUT2D eigenvalue weighted by Crippen LogP contribution is -2.56. The molecule has 1 aliphatic carbocycles. The van der Waals surface area contributed by atoms with E-state index in [2.05, 4.69) is 20.3 Å². The van der Waals surface area contributed by atoms with Crippen molar-refractivity contribution in [3.8, 4) is 11.1 Å². The second-order valence-electron chi connectivity index (χ2n) is 9.22. The maximum atomic E-state index is 12.8. The summed E-state index contributed by atoms with van der Waals surface area (Å²) in [5.74, 6) is -1.31. The van der Waals surface area contributed by atoms with Gasteiger partial charge >= 0.3 is 6.18 Å². The van der Waals surface area contributed by atoms with Gasteiger partial charge in [0.25, 0.3) is 0 Å². The van der Waals surface area contributed by atoms with Crippen molar-refractivity contribution in [3.05, 3.63) is 48.0 Å². The standard InChI is InChI=1S/C24H27F3N6O2/c1-13(2)24(28,22(35)33-12-23(25,26)27)17-6-16(9-29-10-17)19-11-31-20-18(19)5-14(7-30-20)8-32-21(34)15-3-4-15/h5-7,9-11,13,15H,3-4,8,12,28H2,1-2H3,(H,30,31)(H,32,34)(H,33,35)/t24-/m1/s1. The molecule has 1 saturated carbocycles. The van der Waals surface area contributed by atoms with E-state index in [0.29, 0.717) is 23.3 Å². The third-order valence-corrected chi connectivity index (χ3v) is 6.27. The van der Waals surface area contributed by atoms with Crippen LogP contribution in [0.3, 0.4) is 0 Å². The maximum absolute atomic E-state index is 12.8. The monoisotopic (exact) mass is 488 g/mol. The molecule has 0 radical (unpaired) electrons. The first-order valence-electron chi connectivity index (χ1n) is 11.3. The van der Waals surface area contributed by atoms with Crippen LogP contribution in [-0.2, 0) is 21.7 Å². The number of aromatic amines is 1. The van der Waals surface area contributed by atoms with E-state index in [1.54, 1.807) is 38.5 Å². The zero-order valence-electron chi connectivity index (χ0n) is 19.4. The molecule has 2 amide bonds. The highest BCUT2D eigenvalue weighted by atomic mass is 19.4. The van der Waals surface area contributed by atoms with Gasteiger partial charge in [-0.25, -0.2) is 4.98 Å². The quantitative estimate of drug-likeness (QED) is 0.388. The Bertz CT molecular complexity index is 1250. The van der Waals surface area contributed by atoms with Gasteiger partial charge in [0.05, 0.1) is 0 Å². The van der Waals surface area contributed by atoms with E-state index >= 15 is 0 Å². The summed E-state index contributed by atoms with van der Waals surface area (Å²) < 4.78 is 38.0. The minimum absolute atomic E-state index is 0.0352. The first kappa shape index (κ1) is 24.6. The number of aromatic nitrogens is 3. The predicted molar refractivity (Wildman–Crippen MR) is 124 cm³/mol. The van der Waals surface area contributed by atoms with E-state index in [9.17, 15) is 22.8 Å². The number of nitrogens with two attached hydrogens (primary N) is 1. The number of nitrogens with one attached hydrogen (secondary N) is 3. The molecule has 1 atom stereocenters. The van der Waals surface area contributed by atoms with Crippen molar-refractivity contribution in [2.45, 2.75) is 44.9 Å². The Hall–Kier alpha value is -3.47. The molecular formula is C24H27F3N6O2. The number of hydrogen-bond donors (Lipinski definition) is 4. The minimum atomic E-state index is -4.56. The Morgan fingerprint density at radius 2 is 1.91 bits per heavy atom. The topological polar surface area (TPSA) is 126 Å². The van der Waals surface area contributed by atoms with Crippen LogP contribution in [0.4, 0.5) is 13.2 Å². The Balaban J connectivity index is 1.64. The molecule has 0 saturated heterocycles. The number of rotatable bonds is 8. The summed E-state index contributed by atoms with van der Waals surface area (Å²) in [6.07, 6.45) is 3.68. The zero-order chi connectivity index (χ0) is 25.4. The molecule has 0 spiro atoms. The SMILES string of the molecule is CC(C)[C@](N)(C(=O)NCC(F)(F)F)c1cncc(-c2c[nH]c3ncc(CNC(=O)C4CC4)cc23)c1. The van der Waals surface area contributed by atoms with Crippen molar-refractivity contribution in [3.63, 3.8) is 0 Å². The van der Waals surface area contributed by atoms with Crippen LogP contribution in [-0.4, -0.2) is 39.5 Å². The highest BCUT2D eigenvalue weighted by Gasteiger charge is 2.41. The maximum Gasteiger partial charge on any atom is 0.405 e. The molecule has 35 heavy (non-hydrogen) atoms. The number of H-pyrrole nitrogens is 1. The Kier molecular flexibility index (Phi) is 6.54. The molecule has 3 aromatic heterocycles. The summed E-state index contributed by atoms with van der Waals surface area (Å²) in [6, 6.07) is 3.56. The van der Waals surface area contributed by atoms with Gasteiger partial charge in [-0.05, 0) is 36.5 Å². The van der Waals surface area contributed by atoms with Crippen molar-refractivity contribution in [1.29, 1.82) is 0 Å². The Labute approximate surface area is 199 Å². The third-order valence-electron chi connectivity index (χ3n) is 6.27. The van der Waals surface area contributed by atoms with Gasteiger partial charge in [-0.2, -0.15) is 13.2 Å². The van der Waals surface area contributed by atoms with E-state index in [0.717, 1.165) is 29.4 Å². The summed E-state index contributed by atoms with van der Waals surface area (Å²) in [5, 5.41) is 5.59. The first-order chi connectivity index (χ1) is 16.5. The second-order valence-corrected chi connectivity index (χ2v) is 9.22. The highest BCUT2D eigenvalue weighted by molar-refractivity contribution is 5.94. The van der Waals surface area contributed by atoms with Gasteiger partial charge in [-0.3, -0.25) is 14.6 Å². The average Bonchev–Trinajstić information content (AvgIpc) is 3.59. The Morgan fingerprint density at radius 1 is 1.17 bits per heavy atom. The molecule has 3 aromatic rings. The number of alkyl halides is 3. The van der Waals surface area contributed by atoms with Gasteiger partial charge in [0.1, 0.15) is 17.7 Å². The summed E-state index contributed by atoms with van der Waals surface area (Å²) in [4.78, 5) is 36.5. The lowest BCUT2D eigenvalue weighted by atomic mass is 9.80. The number of carbonyl (C=O) groups excluding carboxylic acids is 2. The fourth-order valence-corrected chi connectivity index (χ4v) is 3.93. The normalized spacial score (nSPS) is 15.7. The van der Waals surface area contributed by atoms with Crippen molar-refractivity contribution in [2.24, 2.45) is 17.6 Å². The fourth-order valence-electron chi connectivity index (χ4n) is 3.93. The van der Waals surface area contributed by atoms with Crippen LogP contribution >= 0.6 is 0 Å². The van der Waals surface area contributed by atoms with Crippen LogP contribution in [0.15, 0.2) is 36.9 Å². The summed E-state index contributed by atoms with van der Waals surface area (Å²) in [7, 11) is 0. The van der Waals surface area contributed by atoms with Crippen LogP contribution in [0.1, 0.15) is 37.8 Å². The van der Waals surface area contributed by atoms with Crippen molar-refractivity contribution < 1.29 is 22.8 Å². The minimum Gasteiger partial charge on any atom is -0.352 e. The van der Waals surface area contributed by atoms with Crippen LogP contribution < -0.4 is 16.4 Å². The fraction of sp³-hybridized carbons (Fsp3) is 0.417. The van der Waals surface area contributed by atoms with Crippen LogP contribution in [0.5, 0.6) is 0 Å². The van der Waals surface area contributed by atoms with Crippen LogP contribution in [0.2, 0.25) is 0 Å². The van der Waals surface area contributed by atoms with E-state index in [4.69, 9.17) is 5.73 Å². The molecule has 11 heteroatoms. The highest BCUT2D eigenvalue weighted by Crippen LogP contribution is 2.33. The van der Waals surface area contributed by atoms with E-state index in [1.807, 2.05) is 11.4 Å². The van der Waals surface area contributed by atoms with Crippen molar-refractivity contribution in [2.75, 3.05) is 6.54 Å². The number of fused-ring (bicyclic) bond motifs is 1. The number of pyridine rings is 2. The number of halogens is 3. The lowest BCUT2D eigenvalue weighted by molar-refractivity contribution is -0.143.